The molecule has 2 aromatic heterocycles. The summed E-state index contributed by atoms with van der Waals surface area (Å²) in [7, 11) is -3.74. The van der Waals surface area contributed by atoms with E-state index in [9.17, 15) is 8.42 Å². The predicted molar refractivity (Wildman–Crippen MR) is 78.4 cm³/mol. The molecule has 7 nitrogen and oxygen atoms in total. The first-order chi connectivity index (χ1) is 9.27. The second-order valence-corrected chi connectivity index (χ2v) is 7.43. The van der Waals surface area contributed by atoms with Crippen molar-refractivity contribution in [1.29, 1.82) is 0 Å². The standard InChI is InChI=1S/C11H18N4O3S2/c1-4-18-11(2,3)7-13-20(16,17)9-8(12)14-10-15(9)5-6-19-10/h5-6,13H,4,7,12H2,1-3H3. The minimum absolute atomic E-state index is 0.00133. The normalized spacial score (nSPS) is 13.2. The fourth-order valence-electron chi connectivity index (χ4n) is 1.83. The third-order valence-electron chi connectivity index (χ3n) is 2.72. The van der Waals surface area contributed by atoms with E-state index in [1.807, 2.05) is 20.8 Å². The van der Waals surface area contributed by atoms with E-state index in [0.717, 1.165) is 0 Å². The molecule has 0 aliphatic carbocycles. The fraction of sp³-hybridized carbons (Fsp3) is 0.545. The first kappa shape index (κ1) is 15.2. The summed E-state index contributed by atoms with van der Waals surface area (Å²) in [4.78, 5) is 4.58. The first-order valence-corrected chi connectivity index (χ1v) is 8.48. The van der Waals surface area contributed by atoms with Gasteiger partial charge in [0.25, 0.3) is 10.0 Å². The zero-order valence-corrected chi connectivity index (χ0v) is 13.2. The van der Waals surface area contributed by atoms with E-state index in [1.54, 1.807) is 11.6 Å². The van der Waals surface area contributed by atoms with Gasteiger partial charge >= 0.3 is 0 Å². The van der Waals surface area contributed by atoms with Crippen LogP contribution in [0.3, 0.4) is 0 Å². The summed E-state index contributed by atoms with van der Waals surface area (Å²) < 4.78 is 34.2. The van der Waals surface area contributed by atoms with Crippen molar-refractivity contribution in [2.75, 3.05) is 18.9 Å². The summed E-state index contributed by atoms with van der Waals surface area (Å²) in [6, 6.07) is 0. The van der Waals surface area contributed by atoms with Crippen molar-refractivity contribution in [2.45, 2.75) is 31.4 Å². The molecule has 0 saturated heterocycles. The van der Waals surface area contributed by atoms with E-state index in [2.05, 4.69) is 9.71 Å². The maximum Gasteiger partial charge on any atom is 0.260 e. The average molecular weight is 318 g/mol. The van der Waals surface area contributed by atoms with E-state index in [1.165, 1.54) is 15.7 Å². The van der Waals surface area contributed by atoms with Gasteiger partial charge in [0.2, 0.25) is 0 Å². The molecule has 20 heavy (non-hydrogen) atoms. The van der Waals surface area contributed by atoms with Crippen molar-refractivity contribution >= 4 is 32.1 Å². The van der Waals surface area contributed by atoms with Crippen LogP contribution in [0, 0.1) is 0 Å². The van der Waals surface area contributed by atoms with Crippen LogP contribution in [0.15, 0.2) is 16.6 Å². The number of rotatable bonds is 6. The fourth-order valence-corrected chi connectivity index (χ4v) is 4.01. The van der Waals surface area contributed by atoms with Crippen molar-refractivity contribution in [3.05, 3.63) is 11.6 Å². The highest BCUT2D eigenvalue weighted by Gasteiger charge is 2.27. The maximum atomic E-state index is 12.4. The molecule has 0 saturated carbocycles. The van der Waals surface area contributed by atoms with Gasteiger partial charge in [-0.15, -0.1) is 11.3 Å². The number of imidazole rings is 1. The molecule has 0 bridgehead atoms. The molecule has 112 valence electrons. The Morgan fingerprint density at radius 3 is 2.90 bits per heavy atom. The molecular formula is C11H18N4O3S2. The van der Waals surface area contributed by atoms with E-state index < -0.39 is 15.6 Å². The van der Waals surface area contributed by atoms with Crippen LogP contribution in [-0.2, 0) is 14.8 Å². The molecule has 2 aromatic rings. The van der Waals surface area contributed by atoms with E-state index >= 15 is 0 Å². The van der Waals surface area contributed by atoms with Crippen LogP contribution in [0.4, 0.5) is 5.82 Å². The molecule has 0 spiro atoms. The summed E-state index contributed by atoms with van der Waals surface area (Å²) in [6.07, 6.45) is 1.63. The summed E-state index contributed by atoms with van der Waals surface area (Å²) in [6.45, 7) is 6.16. The number of nitrogens with two attached hydrogens (primary N) is 1. The number of aromatic nitrogens is 2. The Bertz CT molecular complexity index is 702. The molecule has 0 aliphatic heterocycles. The zero-order chi connectivity index (χ0) is 15.0. The second kappa shape index (κ2) is 5.32. The highest BCUT2D eigenvalue weighted by molar-refractivity contribution is 7.89. The van der Waals surface area contributed by atoms with Crippen molar-refractivity contribution in [3.63, 3.8) is 0 Å². The monoisotopic (exact) mass is 318 g/mol. The van der Waals surface area contributed by atoms with Gasteiger partial charge in [-0.05, 0) is 20.8 Å². The van der Waals surface area contributed by atoms with Crippen LogP contribution in [-0.4, -0.2) is 36.6 Å². The SMILES string of the molecule is CCOC(C)(C)CNS(=O)(=O)c1c(N)nc2sccn12. The van der Waals surface area contributed by atoms with Crippen molar-refractivity contribution in [1.82, 2.24) is 14.1 Å². The number of nitrogens with zero attached hydrogens (tertiary/aromatic N) is 2. The second-order valence-electron chi connectivity index (χ2n) is 4.88. The largest absolute Gasteiger partial charge is 0.381 e. The summed E-state index contributed by atoms with van der Waals surface area (Å²) >= 11 is 1.33. The summed E-state index contributed by atoms with van der Waals surface area (Å²) in [5, 5.41) is 1.73. The topological polar surface area (TPSA) is 98.7 Å². The number of ether oxygens (including phenoxy) is 1. The Hall–Kier alpha value is -1.16. The highest BCUT2D eigenvalue weighted by Crippen LogP contribution is 2.23. The smallest absolute Gasteiger partial charge is 0.260 e. The van der Waals surface area contributed by atoms with Crippen LogP contribution in [0.25, 0.3) is 4.96 Å². The molecule has 0 aliphatic rings. The molecule has 2 rings (SSSR count). The number of thiazole rings is 1. The third-order valence-corrected chi connectivity index (χ3v) is 4.92. The lowest BCUT2D eigenvalue weighted by Gasteiger charge is -2.24. The van der Waals surface area contributed by atoms with Crippen molar-refractivity contribution < 1.29 is 13.2 Å². The van der Waals surface area contributed by atoms with E-state index in [4.69, 9.17) is 10.5 Å². The van der Waals surface area contributed by atoms with E-state index in [-0.39, 0.29) is 17.4 Å². The molecule has 0 unspecified atom stereocenters. The number of nitrogen functional groups attached to an aromatic ring is 1. The summed E-state index contributed by atoms with van der Waals surface area (Å²) in [5.74, 6) is -0.00133. The van der Waals surface area contributed by atoms with Crippen LogP contribution in [0.1, 0.15) is 20.8 Å². The lowest BCUT2D eigenvalue weighted by Crippen LogP contribution is -2.40. The quantitative estimate of drug-likeness (QED) is 0.830. The predicted octanol–water partition coefficient (Wildman–Crippen LogP) is 1.07. The molecule has 2 heterocycles. The zero-order valence-electron chi connectivity index (χ0n) is 11.6. The van der Waals surface area contributed by atoms with Crippen molar-refractivity contribution in [3.8, 4) is 0 Å². The number of anilines is 1. The Labute approximate surface area is 121 Å². The molecule has 0 amide bonds. The van der Waals surface area contributed by atoms with Gasteiger partial charge in [0, 0.05) is 24.7 Å². The molecular weight excluding hydrogens is 300 g/mol. The van der Waals surface area contributed by atoms with Gasteiger partial charge in [-0.25, -0.2) is 18.1 Å². The van der Waals surface area contributed by atoms with Crippen LogP contribution >= 0.6 is 11.3 Å². The lowest BCUT2D eigenvalue weighted by molar-refractivity contribution is -0.00516. The maximum absolute atomic E-state index is 12.4. The molecule has 9 heteroatoms. The number of nitrogens with one attached hydrogen (secondary N) is 1. The van der Waals surface area contributed by atoms with Crippen LogP contribution < -0.4 is 10.5 Å². The first-order valence-electron chi connectivity index (χ1n) is 6.11. The highest BCUT2D eigenvalue weighted by atomic mass is 32.2. The molecule has 0 aromatic carbocycles. The Morgan fingerprint density at radius 1 is 1.55 bits per heavy atom. The van der Waals surface area contributed by atoms with Gasteiger partial charge in [-0.1, -0.05) is 0 Å². The Morgan fingerprint density at radius 2 is 2.25 bits per heavy atom. The number of hydrogen-bond donors (Lipinski definition) is 2. The van der Waals surface area contributed by atoms with E-state index in [0.29, 0.717) is 11.6 Å². The van der Waals surface area contributed by atoms with Crippen LogP contribution in [0.2, 0.25) is 0 Å². The average Bonchev–Trinajstić information content (AvgIpc) is 2.86. The van der Waals surface area contributed by atoms with Gasteiger partial charge in [-0.2, -0.15) is 0 Å². The minimum atomic E-state index is -3.74. The summed E-state index contributed by atoms with van der Waals surface area (Å²) in [5.41, 5.74) is 5.12. The molecule has 3 N–H and O–H groups in total. The van der Waals surface area contributed by atoms with Crippen LogP contribution in [0.5, 0.6) is 0 Å². The third kappa shape index (κ3) is 2.95. The molecule has 0 fully saturated rings. The Balaban J connectivity index is 2.27. The van der Waals surface area contributed by atoms with Crippen molar-refractivity contribution in [2.24, 2.45) is 0 Å². The lowest BCUT2D eigenvalue weighted by atomic mass is 10.1. The minimum Gasteiger partial charge on any atom is -0.381 e. The number of sulfonamides is 1. The van der Waals surface area contributed by atoms with Gasteiger partial charge < -0.3 is 10.5 Å². The Kier molecular flexibility index (Phi) is 4.05. The van der Waals surface area contributed by atoms with Gasteiger partial charge in [0.05, 0.1) is 5.60 Å². The number of hydrogen-bond acceptors (Lipinski definition) is 6. The van der Waals surface area contributed by atoms with Gasteiger partial charge in [-0.3, -0.25) is 4.40 Å². The van der Waals surface area contributed by atoms with Gasteiger partial charge in [0.1, 0.15) is 0 Å². The number of fused-ring (bicyclic) bond motifs is 1. The molecule has 0 atom stereocenters. The van der Waals surface area contributed by atoms with Gasteiger partial charge in [0.15, 0.2) is 15.8 Å². The molecule has 0 radical (unpaired) electrons.